The molecule has 0 saturated heterocycles. The highest BCUT2D eigenvalue weighted by Gasteiger charge is 2.16. The van der Waals surface area contributed by atoms with E-state index >= 15 is 0 Å². The van der Waals surface area contributed by atoms with Crippen molar-refractivity contribution in [3.05, 3.63) is 48.0 Å². The van der Waals surface area contributed by atoms with Gasteiger partial charge in [0, 0.05) is 18.3 Å². The molecule has 0 heterocycles. The van der Waals surface area contributed by atoms with Crippen LogP contribution in [0.3, 0.4) is 0 Å². The molecule has 1 aliphatic rings. The summed E-state index contributed by atoms with van der Waals surface area (Å²) in [4.78, 5) is 2.05. The Kier molecular flexibility index (Phi) is 8.94. The van der Waals surface area contributed by atoms with Crippen molar-refractivity contribution in [2.24, 2.45) is 5.92 Å². The van der Waals surface area contributed by atoms with Gasteiger partial charge in [0.25, 0.3) is 0 Å². The number of terminal acetylenes is 1. The standard InChI is InChI=1S/C21H30FN3/c1-6-9-21(22)18(7-2)12-16(4)14-25(8-3)15-24-17(5)19-10-11-20(23)13-19/h2,8-9,12-13,16-17,23-24H,3,6,10-11,14-15H2,1,4-5H3/b18-12-,21-9+,23-20?. The predicted molar refractivity (Wildman–Crippen MR) is 105 cm³/mol. The molecule has 0 fully saturated rings. The van der Waals surface area contributed by atoms with Crippen LogP contribution >= 0.6 is 0 Å². The van der Waals surface area contributed by atoms with Crippen LogP contribution in [-0.4, -0.2) is 29.9 Å². The Morgan fingerprint density at radius 2 is 2.24 bits per heavy atom. The van der Waals surface area contributed by atoms with E-state index in [0.717, 1.165) is 12.8 Å². The molecule has 4 heteroatoms. The monoisotopic (exact) mass is 343 g/mol. The lowest BCUT2D eigenvalue weighted by molar-refractivity contribution is 0.309. The predicted octanol–water partition coefficient (Wildman–Crippen LogP) is 4.57. The molecule has 0 aromatic rings. The highest BCUT2D eigenvalue weighted by atomic mass is 19.1. The molecule has 25 heavy (non-hydrogen) atoms. The Balaban J connectivity index is 2.58. The highest BCUT2D eigenvalue weighted by Crippen LogP contribution is 2.19. The zero-order valence-corrected chi connectivity index (χ0v) is 15.6. The van der Waals surface area contributed by atoms with Gasteiger partial charge in [-0.25, -0.2) is 4.39 Å². The molecule has 136 valence electrons. The van der Waals surface area contributed by atoms with Crippen LogP contribution in [0.15, 0.2) is 48.0 Å². The minimum Gasteiger partial charge on any atom is -0.365 e. The average molecular weight is 343 g/mol. The first-order chi connectivity index (χ1) is 11.9. The molecule has 0 radical (unpaired) electrons. The molecule has 0 bridgehead atoms. The molecule has 0 aromatic heterocycles. The van der Waals surface area contributed by atoms with Crippen LogP contribution in [0.4, 0.5) is 4.39 Å². The van der Waals surface area contributed by atoms with E-state index in [9.17, 15) is 4.39 Å². The van der Waals surface area contributed by atoms with Gasteiger partial charge < -0.3 is 10.3 Å². The van der Waals surface area contributed by atoms with Crippen LogP contribution in [0.25, 0.3) is 0 Å². The van der Waals surface area contributed by atoms with Gasteiger partial charge in [-0.15, -0.1) is 6.42 Å². The maximum absolute atomic E-state index is 13.9. The van der Waals surface area contributed by atoms with Crippen LogP contribution in [0.1, 0.15) is 40.0 Å². The van der Waals surface area contributed by atoms with Gasteiger partial charge in [0.15, 0.2) is 0 Å². The molecule has 3 nitrogen and oxygen atoms in total. The largest absolute Gasteiger partial charge is 0.365 e. The fourth-order valence-corrected chi connectivity index (χ4v) is 2.77. The Morgan fingerprint density at radius 1 is 1.52 bits per heavy atom. The molecule has 1 rings (SSSR count). The van der Waals surface area contributed by atoms with Gasteiger partial charge in [0.1, 0.15) is 5.83 Å². The normalized spacial score (nSPS) is 17.7. The highest BCUT2D eigenvalue weighted by molar-refractivity contribution is 5.95. The maximum Gasteiger partial charge on any atom is 0.134 e. The number of nitrogens with one attached hydrogen (secondary N) is 2. The summed E-state index contributed by atoms with van der Waals surface area (Å²) in [6.45, 7) is 11.2. The van der Waals surface area contributed by atoms with Gasteiger partial charge in [0.05, 0.1) is 12.2 Å². The molecule has 0 saturated carbocycles. The number of rotatable bonds is 10. The molecule has 0 amide bonds. The summed E-state index contributed by atoms with van der Waals surface area (Å²) in [5, 5.41) is 11.1. The van der Waals surface area contributed by atoms with Crippen LogP contribution in [0.5, 0.6) is 0 Å². The molecule has 0 aliphatic heterocycles. The molecule has 0 aromatic carbocycles. The summed E-state index contributed by atoms with van der Waals surface area (Å²) >= 11 is 0. The van der Waals surface area contributed by atoms with E-state index in [1.165, 1.54) is 11.6 Å². The smallest absolute Gasteiger partial charge is 0.134 e. The molecule has 2 atom stereocenters. The number of hydrogen-bond donors (Lipinski definition) is 2. The zero-order chi connectivity index (χ0) is 18.8. The summed E-state index contributed by atoms with van der Waals surface area (Å²) in [5.41, 5.74) is 2.28. The second kappa shape index (κ2) is 10.7. The number of halogens is 1. The van der Waals surface area contributed by atoms with Crippen LogP contribution in [0, 0.1) is 23.7 Å². The van der Waals surface area contributed by atoms with Gasteiger partial charge in [0.2, 0.25) is 0 Å². The van der Waals surface area contributed by atoms with Crippen LogP contribution in [0.2, 0.25) is 0 Å². The number of hydrogen-bond acceptors (Lipinski definition) is 3. The van der Waals surface area contributed by atoms with Crippen molar-refractivity contribution in [2.75, 3.05) is 13.2 Å². The van der Waals surface area contributed by atoms with Gasteiger partial charge >= 0.3 is 0 Å². The Hall–Kier alpha value is -2.12. The summed E-state index contributed by atoms with van der Waals surface area (Å²) < 4.78 is 13.9. The van der Waals surface area contributed by atoms with E-state index in [0.29, 0.717) is 30.9 Å². The lowest BCUT2D eigenvalue weighted by atomic mass is 10.1. The maximum atomic E-state index is 13.9. The Morgan fingerprint density at radius 3 is 2.76 bits per heavy atom. The number of nitrogens with zero attached hydrogens (tertiary/aromatic N) is 1. The fourth-order valence-electron chi connectivity index (χ4n) is 2.77. The van der Waals surface area contributed by atoms with Crippen LogP contribution in [-0.2, 0) is 0 Å². The molecule has 1 aliphatic carbocycles. The van der Waals surface area contributed by atoms with E-state index in [1.807, 2.05) is 24.8 Å². The Bertz CT molecular complexity index is 607. The van der Waals surface area contributed by atoms with Gasteiger partial charge in [-0.2, -0.15) is 0 Å². The fraction of sp³-hybridized carbons (Fsp3) is 0.476. The first-order valence-corrected chi connectivity index (χ1v) is 8.83. The summed E-state index contributed by atoms with van der Waals surface area (Å²) in [5.74, 6) is 2.19. The third-order valence-corrected chi connectivity index (χ3v) is 4.23. The van der Waals surface area contributed by atoms with Crippen molar-refractivity contribution in [2.45, 2.75) is 46.1 Å². The first-order valence-electron chi connectivity index (χ1n) is 8.83. The second-order valence-corrected chi connectivity index (χ2v) is 6.44. The molecule has 0 spiro atoms. The summed E-state index contributed by atoms with van der Waals surface area (Å²) in [6.07, 6.45) is 14.9. The average Bonchev–Trinajstić information content (AvgIpc) is 3.02. The first kappa shape index (κ1) is 20.9. The van der Waals surface area contributed by atoms with E-state index in [-0.39, 0.29) is 17.8 Å². The lowest BCUT2D eigenvalue weighted by Gasteiger charge is -2.26. The second-order valence-electron chi connectivity index (χ2n) is 6.44. The minimum absolute atomic E-state index is 0.0936. The quantitative estimate of drug-likeness (QED) is 0.346. The number of allylic oxidation sites excluding steroid dienone is 4. The third-order valence-electron chi connectivity index (χ3n) is 4.23. The molecule has 2 unspecified atom stereocenters. The van der Waals surface area contributed by atoms with E-state index < -0.39 is 0 Å². The summed E-state index contributed by atoms with van der Waals surface area (Å²) in [6, 6.07) is 0.224. The van der Waals surface area contributed by atoms with E-state index in [2.05, 4.69) is 24.7 Å². The molecular weight excluding hydrogens is 313 g/mol. The van der Waals surface area contributed by atoms with Crippen molar-refractivity contribution in [1.29, 1.82) is 5.41 Å². The Labute approximate surface area is 151 Å². The van der Waals surface area contributed by atoms with E-state index in [1.54, 1.807) is 12.3 Å². The van der Waals surface area contributed by atoms with Gasteiger partial charge in [-0.1, -0.05) is 38.0 Å². The van der Waals surface area contributed by atoms with Crippen molar-refractivity contribution in [3.8, 4) is 12.3 Å². The van der Waals surface area contributed by atoms with Crippen molar-refractivity contribution >= 4 is 5.71 Å². The van der Waals surface area contributed by atoms with Crippen LogP contribution < -0.4 is 5.32 Å². The topological polar surface area (TPSA) is 39.1 Å². The zero-order valence-electron chi connectivity index (χ0n) is 15.6. The third kappa shape index (κ3) is 7.11. The van der Waals surface area contributed by atoms with Crippen molar-refractivity contribution < 1.29 is 4.39 Å². The molecular formula is C21H30FN3. The van der Waals surface area contributed by atoms with Crippen molar-refractivity contribution in [1.82, 2.24) is 10.2 Å². The van der Waals surface area contributed by atoms with E-state index in [4.69, 9.17) is 11.8 Å². The summed E-state index contributed by atoms with van der Waals surface area (Å²) in [7, 11) is 0. The minimum atomic E-state index is -0.329. The van der Waals surface area contributed by atoms with Crippen molar-refractivity contribution in [3.63, 3.8) is 0 Å². The molecule has 2 N–H and O–H groups in total. The van der Waals surface area contributed by atoms with Gasteiger partial charge in [-0.05, 0) is 50.5 Å². The van der Waals surface area contributed by atoms with Gasteiger partial charge in [-0.3, -0.25) is 5.32 Å². The SMILES string of the molecule is C#CC(=C/C(C)CN(C=C)CNC(C)C1=CC(=N)CC1)/C(F)=C\CC. The lowest BCUT2D eigenvalue weighted by Crippen LogP contribution is -2.38.